The van der Waals surface area contributed by atoms with Crippen molar-refractivity contribution in [3.63, 3.8) is 0 Å². The topological polar surface area (TPSA) is 112 Å². The molecule has 0 saturated heterocycles. The van der Waals surface area contributed by atoms with Crippen LogP contribution in [0, 0.1) is 0 Å². The Balaban J connectivity index is 1.30. The maximum atomic E-state index is 13.3. The quantitative estimate of drug-likeness (QED) is 0.217. The molecule has 0 fully saturated rings. The molecule has 1 N–H and O–H groups in total. The van der Waals surface area contributed by atoms with Crippen LogP contribution in [0.1, 0.15) is 40.4 Å². The summed E-state index contributed by atoms with van der Waals surface area (Å²) in [4.78, 5) is 41.4. The van der Waals surface area contributed by atoms with E-state index in [4.69, 9.17) is 14.5 Å². The van der Waals surface area contributed by atoms with E-state index in [9.17, 15) is 19.5 Å². The van der Waals surface area contributed by atoms with E-state index in [0.29, 0.717) is 53.5 Å². The molecule has 0 aliphatic carbocycles. The third-order valence-electron chi connectivity index (χ3n) is 7.11. The molecular formula is C28H24N3O6+. The van der Waals surface area contributed by atoms with E-state index < -0.39 is 11.6 Å². The molecule has 1 aromatic carbocycles. The highest BCUT2D eigenvalue weighted by Gasteiger charge is 2.45. The molecule has 0 spiro atoms. The minimum Gasteiger partial charge on any atom is -0.487 e. The van der Waals surface area contributed by atoms with Gasteiger partial charge in [-0.1, -0.05) is 6.92 Å². The molecule has 0 amide bonds. The Labute approximate surface area is 211 Å². The van der Waals surface area contributed by atoms with E-state index in [1.165, 1.54) is 0 Å². The first-order valence-electron chi connectivity index (χ1n) is 12.1. The Hall–Kier alpha value is -4.37. The van der Waals surface area contributed by atoms with Gasteiger partial charge in [0.05, 0.1) is 34.6 Å². The van der Waals surface area contributed by atoms with Gasteiger partial charge in [0.2, 0.25) is 0 Å². The molecule has 37 heavy (non-hydrogen) atoms. The summed E-state index contributed by atoms with van der Waals surface area (Å²) in [6, 6.07) is 12.9. The Morgan fingerprint density at radius 2 is 2.11 bits per heavy atom. The summed E-state index contributed by atoms with van der Waals surface area (Å²) in [7, 11) is 0. The number of carbonyl (C=O) groups is 2. The average Bonchev–Trinajstić information content (AvgIpc) is 3.27. The number of benzene rings is 1. The number of ether oxygens (including phenoxy) is 2. The predicted octanol–water partition coefficient (Wildman–Crippen LogP) is 2.26. The number of aldehydes is 1. The van der Waals surface area contributed by atoms with E-state index in [2.05, 4.69) is 0 Å². The number of esters is 1. The summed E-state index contributed by atoms with van der Waals surface area (Å²) < 4.78 is 14.6. The lowest BCUT2D eigenvalue weighted by molar-refractivity contribution is -0.697. The lowest BCUT2D eigenvalue weighted by Gasteiger charge is -2.31. The lowest BCUT2D eigenvalue weighted by Crippen LogP contribution is -2.44. The molecule has 2 aliphatic rings. The van der Waals surface area contributed by atoms with E-state index in [-0.39, 0.29) is 18.6 Å². The number of rotatable bonds is 6. The fraction of sp³-hybridized carbons (Fsp3) is 0.250. The second-order valence-corrected chi connectivity index (χ2v) is 9.30. The van der Waals surface area contributed by atoms with Gasteiger partial charge in [-0.2, -0.15) is 0 Å². The first kappa shape index (κ1) is 23.1. The van der Waals surface area contributed by atoms with Gasteiger partial charge in [0, 0.05) is 22.6 Å². The molecule has 1 atom stereocenters. The lowest BCUT2D eigenvalue weighted by atomic mass is 9.86. The zero-order valence-electron chi connectivity index (χ0n) is 20.1. The van der Waals surface area contributed by atoms with E-state index in [1.807, 2.05) is 41.1 Å². The van der Waals surface area contributed by atoms with Crippen LogP contribution in [0.3, 0.4) is 0 Å². The Morgan fingerprint density at radius 1 is 1.24 bits per heavy atom. The standard InChI is InChI=1S/C28H24N3O6/c1-2-28(35)22-12-24-25-19(14-31(24)26(33)21(22)16-37-27(28)34)10-18-11-20(5-6-23(18)29-25)36-9-8-30-7-3-4-17(13-30)15-32/h3-7,10-13,15,35H,2,8-9,14,16H2,1H3/q+1/t28-/m0/s1. The summed E-state index contributed by atoms with van der Waals surface area (Å²) in [5, 5.41) is 11.9. The summed E-state index contributed by atoms with van der Waals surface area (Å²) in [6.07, 6.45) is 4.56. The summed E-state index contributed by atoms with van der Waals surface area (Å²) >= 11 is 0. The van der Waals surface area contributed by atoms with Crippen molar-refractivity contribution < 1.29 is 28.7 Å². The first-order chi connectivity index (χ1) is 17.9. The first-order valence-corrected chi connectivity index (χ1v) is 12.1. The molecule has 9 nitrogen and oxygen atoms in total. The molecule has 0 saturated carbocycles. The highest BCUT2D eigenvalue weighted by molar-refractivity contribution is 5.87. The van der Waals surface area contributed by atoms with Crippen LogP contribution < -0.4 is 14.9 Å². The Bertz CT molecular complexity index is 1660. The number of aromatic nitrogens is 3. The van der Waals surface area contributed by atoms with Crippen LogP contribution in [0.4, 0.5) is 0 Å². The summed E-state index contributed by atoms with van der Waals surface area (Å²) in [6.45, 7) is 2.88. The third kappa shape index (κ3) is 3.70. The van der Waals surface area contributed by atoms with E-state index >= 15 is 0 Å². The largest absolute Gasteiger partial charge is 0.487 e. The normalized spacial score (nSPS) is 17.6. The van der Waals surface area contributed by atoms with Crippen LogP contribution in [-0.4, -0.2) is 33.5 Å². The Morgan fingerprint density at radius 3 is 2.92 bits per heavy atom. The molecule has 0 unspecified atom stereocenters. The SMILES string of the molecule is CC[C@@]1(O)C(=O)OCc2c1cc1n(c2=O)Cc2cc3cc(OCC[n+]4cccc(C=O)c4)ccc3nc2-1. The summed E-state index contributed by atoms with van der Waals surface area (Å²) in [5.41, 5.74) is 1.93. The van der Waals surface area contributed by atoms with Crippen molar-refractivity contribution in [1.29, 1.82) is 0 Å². The van der Waals surface area contributed by atoms with Gasteiger partial charge in [0.15, 0.2) is 30.8 Å². The minimum absolute atomic E-state index is 0.101. The van der Waals surface area contributed by atoms with Gasteiger partial charge in [0.1, 0.15) is 19.0 Å². The van der Waals surface area contributed by atoms with Crippen molar-refractivity contribution in [1.82, 2.24) is 9.55 Å². The monoisotopic (exact) mass is 498 g/mol. The number of nitrogens with zero attached hydrogens (tertiary/aromatic N) is 3. The third-order valence-corrected chi connectivity index (χ3v) is 7.11. The highest BCUT2D eigenvalue weighted by Crippen LogP contribution is 2.38. The van der Waals surface area contributed by atoms with Gasteiger partial charge in [-0.25, -0.2) is 14.3 Å². The molecule has 0 radical (unpaired) electrons. The van der Waals surface area contributed by atoms with E-state index in [0.717, 1.165) is 22.8 Å². The highest BCUT2D eigenvalue weighted by atomic mass is 16.6. The number of hydrogen-bond donors (Lipinski definition) is 1. The number of hydrogen-bond acceptors (Lipinski definition) is 7. The van der Waals surface area contributed by atoms with Crippen LogP contribution in [0.2, 0.25) is 0 Å². The van der Waals surface area contributed by atoms with Crippen LogP contribution in [0.5, 0.6) is 5.75 Å². The van der Waals surface area contributed by atoms with Crippen molar-refractivity contribution >= 4 is 23.2 Å². The molecule has 4 aromatic rings. The van der Waals surface area contributed by atoms with Crippen molar-refractivity contribution in [2.24, 2.45) is 0 Å². The smallest absolute Gasteiger partial charge is 0.343 e. The molecular weight excluding hydrogens is 474 g/mol. The maximum absolute atomic E-state index is 13.3. The van der Waals surface area contributed by atoms with Crippen molar-refractivity contribution in [2.45, 2.75) is 38.6 Å². The van der Waals surface area contributed by atoms with Crippen LogP contribution in [0.25, 0.3) is 22.3 Å². The number of aliphatic hydroxyl groups is 1. The summed E-state index contributed by atoms with van der Waals surface area (Å²) in [5.74, 6) is -0.0490. The molecule has 6 rings (SSSR count). The van der Waals surface area contributed by atoms with Gasteiger partial charge in [-0.05, 0) is 42.8 Å². The molecule has 9 heteroatoms. The minimum atomic E-state index is -1.85. The van der Waals surface area contributed by atoms with Gasteiger partial charge in [-0.3, -0.25) is 9.59 Å². The second kappa shape index (κ2) is 8.63. The number of fused-ring (bicyclic) bond motifs is 5. The number of cyclic esters (lactones) is 1. The van der Waals surface area contributed by atoms with Gasteiger partial charge >= 0.3 is 5.97 Å². The number of pyridine rings is 3. The van der Waals surface area contributed by atoms with Crippen molar-refractivity contribution in [2.75, 3.05) is 6.61 Å². The average molecular weight is 499 g/mol. The van der Waals surface area contributed by atoms with Crippen molar-refractivity contribution in [3.05, 3.63) is 87.5 Å². The van der Waals surface area contributed by atoms with Gasteiger partial charge in [-0.15, -0.1) is 0 Å². The maximum Gasteiger partial charge on any atom is 0.343 e. The second-order valence-electron chi connectivity index (χ2n) is 9.30. The van der Waals surface area contributed by atoms with Crippen LogP contribution in [0.15, 0.2) is 59.7 Å². The Kier molecular flexibility index (Phi) is 5.38. The fourth-order valence-electron chi connectivity index (χ4n) is 5.07. The van der Waals surface area contributed by atoms with Gasteiger partial charge < -0.3 is 19.1 Å². The van der Waals surface area contributed by atoms with Crippen LogP contribution in [-0.2, 0) is 34.8 Å². The zero-order chi connectivity index (χ0) is 25.7. The van der Waals surface area contributed by atoms with Gasteiger partial charge in [0.25, 0.3) is 5.56 Å². The van der Waals surface area contributed by atoms with Crippen molar-refractivity contribution in [3.8, 4) is 17.1 Å². The zero-order valence-corrected chi connectivity index (χ0v) is 20.1. The predicted molar refractivity (Wildman–Crippen MR) is 132 cm³/mol. The van der Waals surface area contributed by atoms with Crippen LogP contribution >= 0.6 is 0 Å². The fourth-order valence-corrected chi connectivity index (χ4v) is 5.07. The molecule has 5 heterocycles. The molecule has 3 aromatic heterocycles. The molecule has 2 aliphatic heterocycles. The van der Waals surface area contributed by atoms with E-state index in [1.54, 1.807) is 29.8 Å². The molecule has 186 valence electrons. The molecule has 0 bridgehead atoms. The number of carbonyl (C=O) groups excluding carboxylic acids is 2.